The average Bonchev–Trinajstić information content (AvgIpc) is 2.83. The fourth-order valence-corrected chi connectivity index (χ4v) is 2.27. The third-order valence-electron chi connectivity index (χ3n) is 3.18. The van der Waals surface area contributed by atoms with Crippen LogP contribution in [0.25, 0.3) is 0 Å². The van der Waals surface area contributed by atoms with E-state index in [1.807, 2.05) is 48.5 Å². The Labute approximate surface area is 107 Å². The smallest absolute Gasteiger partial charge is 0.114 e. The molecule has 1 fully saturated rings. The van der Waals surface area contributed by atoms with Crippen molar-refractivity contribution in [2.24, 2.45) is 5.73 Å². The van der Waals surface area contributed by atoms with E-state index in [4.69, 9.17) is 10.6 Å². The molecule has 0 aromatic heterocycles. The van der Waals surface area contributed by atoms with Crippen LogP contribution in [0.4, 0.5) is 5.69 Å². The Balaban J connectivity index is 1.81. The summed E-state index contributed by atoms with van der Waals surface area (Å²) < 4.78 is 0. The molecule has 1 heterocycles. The van der Waals surface area contributed by atoms with Crippen molar-refractivity contribution >= 4 is 5.69 Å². The molecule has 1 saturated heterocycles. The van der Waals surface area contributed by atoms with Crippen molar-refractivity contribution in [3.63, 3.8) is 0 Å². The quantitative estimate of drug-likeness (QED) is 0.877. The Bertz CT molecular complexity index is 500. The highest BCUT2D eigenvalue weighted by Crippen LogP contribution is 2.34. The number of nitrogens with two attached hydrogens (primary N) is 1. The molecule has 3 heteroatoms. The monoisotopic (exact) mass is 240 g/mol. The third kappa shape index (κ3) is 2.10. The third-order valence-corrected chi connectivity index (χ3v) is 3.18. The zero-order valence-corrected chi connectivity index (χ0v) is 10.1. The molecule has 1 aliphatic rings. The summed E-state index contributed by atoms with van der Waals surface area (Å²) in [4.78, 5) is 5.95. The Hall–Kier alpha value is -1.84. The summed E-state index contributed by atoms with van der Waals surface area (Å²) in [6.07, 6.45) is 0.748. The second kappa shape index (κ2) is 4.80. The van der Waals surface area contributed by atoms with Crippen molar-refractivity contribution < 1.29 is 4.84 Å². The molecule has 2 aromatic rings. The van der Waals surface area contributed by atoms with Gasteiger partial charge in [0, 0.05) is 6.42 Å². The van der Waals surface area contributed by atoms with Crippen LogP contribution in [0.3, 0.4) is 0 Å². The minimum atomic E-state index is -0.0994. The summed E-state index contributed by atoms with van der Waals surface area (Å²) in [5.74, 6) is 0. The second-order valence-electron chi connectivity index (χ2n) is 4.47. The van der Waals surface area contributed by atoms with Crippen molar-refractivity contribution in [1.29, 1.82) is 0 Å². The number of benzene rings is 2. The number of hydrogen-bond acceptors (Lipinski definition) is 3. The predicted octanol–water partition coefficient (Wildman–Crippen LogP) is 2.85. The highest BCUT2D eigenvalue weighted by molar-refractivity contribution is 5.45. The van der Waals surface area contributed by atoms with E-state index in [9.17, 15) is 0 Å². The summed E-state index contributed by atoms with van der Waals surface area (Å²) in [7, 11) is 0. The lowest BCUT2D eigenvalue weighted by atomic mass is 10.1. The van der Waals surface area contributed by atoms with Gasteiger partial charge in [-0.25, -0.2) is 5.06 Å². The summed E-state index contributed by atoms with van der Waals surface area (Å²) >= 11 is 0. The van der Waals surface area contributed by atoms with Gasteiger partial charge in [-0.1, -0.05) is 48.5 Å². The number of anilines is 1. The molecule has 2 atom stereocenters. The van der Waals surface area contributed by atoms with Gasteiger partial charge in [-0.3, -0.25) is 4.84 Å². The van der Waals surface area contributed by atoms with Crippen molar-refractivity contribution in [1.82, 2.24) is 0 Å². The molecule has 92 valence electrons. The minimum Gasteiger partial charge on any atom is -0.309 e. The van der Waals surface area contributed by atoms with Crippen molar-refractivity contribution in [2.45, 2.75) is 18.7 Å². The van der Waals surface area contributed by atoms with E-state index in [2.05, 4.69) is 12.1 Å². The number of rotatable bonds is 2. The van der Waals surface area contributed by atoms with Gasteiger partial charge in [-0.05, 0) is 17.7 Å². The van der Waals surface area contributed by atoms with E-state index in [-0.39, 0.29) is 12.3 Å². The highest BCUT2D eigenvalue weighted by atomic mass is 16.7. The van der Waals surface area contributed by atoms with Crippen LogP contribution in [0, 0.1) is 0 Å². The largest absolute Gasteiger partial charge is 0.309 e. The topological polar surface area (TPSA) is 38.5 Å². The number of hydroxylamine groups is 1. The summed E-state index contributed by atoms with van der Waals surface area (Å²) in [5, 5.41) is 1.80. The van der Waals surface area contributed by atoms with Gasteiger partial charge in [0.25, 0.3) is 0 Å². The molecule has 3 nitrogen and oxygen atoms in total. The lowest BCUT2D eigenvalue weighted by Gasteiger charge is -2.21. The van der Waals surface area contributed by atoms with Gasteiger partial charge in [0.1, 0.15) is 12.3 Å². The standard InChI is InChI=1S/C15H16N2O/c16-15-11-14(12-7-3-1-4-8-12)18-17(15)13-9-5-2-6-10-13/h1-10,14-15H,11,16H2/t14-,15+/m1/s1. The molecule has 0 spiro atoms. The molecular formula is C15H16N2O. The first-order chi connectivity index (χ1) is 8.84. The molecule has 0 saturated carbocycles. The molecule has 2 aromatic carbocycles. The van der Waals surface area contributed by atoms with Crippen LogP contribution >= 0.6 is 0 Å². The first kappa shape index (κ1) is 11.3. The number of para-hydroxylation sites is 1. The maximum absolute atomic E-state index is 6.14. The van der Waals surface area contributed by atoms with Crippen LogP contribution < -0.4 is 10.8 Å². The fourth-order valence-electron chi connectivity index (χ4n) is 2.27. The van der Waals surface area contributed by atoms with E-state index in [0.717, 1.165) is 12.1 Å². The van der Waals surface area contributed by atoms with Gasteiger partial charge in [0.2, 0.25) is 0 Å². The SMILES string of the molecule is N[C@@H]1C[C@H](c2ccccc2)ON1c1ccccc1. The maximum atomic E-state index is 6.14. The van der Waals surface area contributed by atoms with E-state index in [0.29, 0.717) is 0 Å². The Morgan fingerprint density at radius 3 is 2.22 bits per heavy atom. The minimum absolute atomic E-state index is 0.0430. The van der Waals surface area contributed by atoms with E-state index in [1.165, 1.54) is 5.56 Å². The van der Waals surface area contributed by atoms with Crippen LogP contribution in [-0.4, -0.2) is 6.17 Å². The Kier molecular flexibility index (Phi) is 3.00. The molecule has 0 radical (unpaired) electrons. The van der Waals surface area contributed by atoms with Crippen LogP contribution in [-0.2, 0) is 4.84 Å². The van der Waals surface area contributed by atoms with E-state index < -0.39 is 0 Å². The average molecular weight is 240 g/mol. The molecule has 0 bridgehead atoms. The van der Waals surface area contributed by atoms with Gasteiger partial charge in [-0.15, -0.1) is 0 Å². The van der Waals surface area contributed by atoms with Crippen LogP contribution in [0.15, 0.2) is 60.7 Å². The molecule has 0 aliphatic carbocycles. The molecule has 1 aliphatic heterocycles. The maximum Gasteiger partial charge on any atom is 0.114 e. The Morgan fingerprint density at radius 1 is 0.944 bits per heavy atom. The zero-order valence-electron chi connectivity index (χ0n) is 10.1. The van der Waals surface area contributed by atoms with Crippen LogP contribution in [0.2, 0.25) is 0 Å². The van der Waals surface area contributed by atoms with Crippen molar-refractivity contribution in [3.8, 4) is 0 Å². The van der Waals surface area contributed by atoms with Gasteiger partial charge >= 0.3 is 0 Å². The van der Waals surface area contributed by atoms with Gasteiger partial charge in [0.15, 0.2) is 0 Å². The lowest BCUT2D eigenvalue weighted by molar-refractivity contribution is 0.0839. The van der Waals surface area contributed by atoms with Gasteiger partial charge in [0.05, 0.1) is 5.69 Å². The fraction of sp³-hybridized carbons (Fsp3) is 0.200. The molecule has 2 N–H and O–H groups in total. The Morgan fingerprint density at radius 2 is 1.56 bits per heavy atom. The zero-order chi connectivity index (χ0) is 12.4. The highest BCUT2D eigenvalue weighted by Gasteiger charge is 2.32. The molecular weight excluding hydrogens is 224 g/mol. The number of nitrogens with zero attached hydrogens (tertiary/aromatic N) is 1. The summed E-state index contributed by atoms with van der Waals surface area (Å²) in [5.41, 5.74) is 8.32. The summed E-state index contributed by atoms with van der Waals surface area (Å²) in [6, 6.07) is 20.2. The summed E-state index contributed by atoms with van der Waals surface area (Å²) in [6.45, 7) is 0. The van der Waals surface area contributed by atoms with Gasteiger partial charge < -0.3 is 5.73 Å². The molecule has 18 heavy (non-hydrogen) atoms. The van der Waals surface area contributed by atoms with Gasteiger partial charge in [-0.2, -0.15) is 0 Å². The molecule has 0 unspecified atom stereocenters. The van der Waals surface area contributed by atoms with Crippen LogP contribution in [0.1, 0.15) is 18.1 Å². The van der Waals surface area contributed by atoms with E-state index >= 15 is 0 Å². The van der Waals surface area contributed by atoms with Crippen molar-refractivity contribution in [3.05, 3.63) is 66.2 Å². The second-order valence-corrected chi connectivity index (χ2v) is 4.47. The normalized spacial score (nSPS) is 23.3. The van der Waals surface area contributed by atoms with Crippen LogP contribution in [0.5, 0.6) is 0 Å². The molecule has 3 rings (SSSR count). The number of hydrogen-bond donors (Lipinski definition) is 1. The first-order valence-corrected chi connectivity index (χ1v) is 6.16. The lowest BCUT2D eigenvalue weighted by Crippen LogP contribution is -2.35. The predicted molar refractivity (Wildman–Crippen MR) is 71.8 cm³/mol. The first-order valence-electron chi connectivity index (χ1n) is 6.16. The van der Waals surface area contributed by atoms with E-state index in [1.54, 1.807) is 5.06 Å². The molecule has 0 amide bonds. The van der Waals surface area contributed by atoms with Crippen molar-refractivity contribution in [2.75, 3.05) is 5.06 Å².